The summed E-state index contributed by atoms with van der Waals surface area (Å²) in [5.74, 6) is 0. The van der Waals surface area contributed by atoms with E-state index in [-0.39, 0.29) is 0 Å². The quantitative estimate of drug-likeness (QED) is 0.429. The summed E-state index contributed by atoms with van der Waals surface area (Å²) in [5.41, 5.74) is 2.39. The zero-order valence-electron chi connectivity index (χ0n) is 10.8. The average Bonchev–Trinajstić information content (AvgIpc) is 2.14. The Hall–Kier alpha value is -0.660. The SMILES string of the molecule is CC(C)=NCCCCCCCN=C(C)C. The molecule has 0 saturated heterocycles. The Bertz CT molecular complexity index is 175. The molecule has 0 aromatic heterocycles. The van der Waals surface area contributed by atoms with Gasteiger partial charge in [-0.05, 0) is 40.5 Å². The molecule has 2 nitrogen and oxygen atoms in total. The number of nitrogens with zero attached hydrogens (tertiary/aromatic N) is 2. The molecule has 0 aliphatic heterocycles. The summed E-state index contributed by atoms with van der Waals surface area (Å²) in [7, 11) is 0. The maximum Gasteiger partial charge on any atom is 0.0388 e. The van der Waals surface area contributed by atoms with Gasteiger partial charge in [0.05, 0.1) is 0 Å². The highest BCUT2D eigenvalue weighted by atomic mass is 14.7. The van der Waals surface area contributed by atoms with Crippen molar-refractivity contribution in [3.05, 3.63) is 0 Å². The number of unbranched alkanes of at least 4 members (excludes halogenated alkanes) is 4. The Morgan fingerprint density at radius 1 is 0.600 bits per heavy atom. The van der Waals surface area contributed by atoms with Crippen molar-refractivity contribution in [2.24, 2.45) is 9.98 Å². The fourth-order valence-electron chi connectivity index (χ4n) is 1.36. The Labute approximate surface area is 94.9 Å². The van der Waals surface area contributed by atoms with Gasteiger partial charge in [0.25, 0.3) is 0 Å². The first-order valence-electron chi connectivity index (χ1n) is 6.08. The molecule has 0 atom stereocenters. The number of hydrogen-bond donors (Lipinski definition) is 0. The largest absolute Gasteiger partial charge is 0.295 e. The lowest BCUT2D eigenvalue weighted by Gasteiger charge is -1.99. The smallest absolute Gasteiger partial charge is 0.0388 e. The van der Waals surface area contributed by atoms with Gasteiger partial charge in [-0.3, -0.25) is 9.98 Å². The molecule has 0 fully saturated rings. The van der Waals surface area contributed by atoms with Gasteiger partial charge in [-0.15, -0.1) is 0 Å². The topological polar surface area (TPSA) is 24.7 Å². The van der Waals surface area contributed by atoms with E-state index in [1.54, 1.807) is 0 Å². The van der Waals surface area contributed by atoms with Crippen LogP contribution in [0, 0.1) is 0 Å². The summed E-state index contributed by atoms with van der Waals surface area (Å²) >= 11 is 0. The maximum atomic E-state index is 4.38. The van der Waals surface area contributed by atoms with Crippen molar-refractivity contribution in [1.82, 2.24) is 0 Å². The second-order valence-electron chi connectivity index (χ2n) is 4.43. The van der Waals surface area contributed by atoms with Crippen molar-refractivity contribution in [3.63, 3.8) is 0 Å². The zero-order chi connectivity index (χ0) is 11.5. The van der Waals surface area contributed by atoms with Gasteiger partial charge in [0.15, 0.2) is 0 Å². The lowest BCUT2D eigenvalue weighted by molar-refractivity contribution is 0.624. The molecule has 0 rings (SSSR count). The summed E-state index contributed by atoms with van der Waals surface area (Å²) in [5, 5.41) is 0. The van der Waals surface area contributed by atoms with Gasteiger partial charge in [0.1, 0.15) is 0 Å². The van der Waals surface area contributed by atoms with E-state index in [2.05, 4.69) is 37.7 Å². The lowest BCUT2D eigenvalue weighted by atomic mass is 10.1. The third-order valence-electron chi connectivity index (χ3n) is 2.17. The molecule has 0 unspecified atom stereocenters. The minimum Gasteiger partial charge on any atom is -0.295 e. The number of hydrogen-bond acceptors (Lipinski definition) is 2. The first-order chi connectivity index (χ1) is 7.13. The summed E-state index contributed by atoms with van der Waals surface area (Å²) in [4.78, 5) is 8.75. The normalized spacial score (nSPS) is 9.87. The van der Waals surface area contributed by atoms with Gasteiger partial charge >= 0.3 is 0 Å². The van der Waals surface area contributed by atoms with Crippen LogP contribution in [0.5, 0.6) is 0 Å². The van der Waals surface area contributed by atoms with Crippen molar-refractivity contribution in [1.29, 1.82) is 0 Å². The van der Waals surface area contributed by atoms with E-state index in [9.17, 15) is 0 Å². The monoisotopic (exact) mass is 210 g/mol. The average molecular weight is 210 g/mol. The number of aliphatic imine (C=N–C) groups is 2. The first-order valence-corrected chi connectivity index (χ1v) is 6.08. The molecule has 0 heterocycles. The Balaban J connectivity index is 3.12. The Kier molecular flexibility index (Phi) is 9.44. The van der Waals surface area contributed by atoms with Crippen molar-refractivity contribution in [2.45, 2.75) is 59.8 Å². The first kappa shape index (κ1) is 14.3. The van der Waals surface area contributed by atoms with Gasteiger partial charge in [-0.2, -0.15) is 0 Å². The molecule has 0 aromatic carbocycles. The van der Waals surface area contributed by atoms with Crippen LogP contribution >= 0.6 is 0 Å². The van der Waals surface area contributed by atoms with Gasteiger partial charge in [0.2, 0.25) is 0 Å². The molecule has 2 heteroatoms. The number of rotatable bonds is 8. The summed E-state index contributed by atoms with van der Waals surface area (Å²) < 4.78 is 0. The highest BCUT2D eigenvalue weighted by Gasteiger charge is 1.90. The molecule has 0 bridgehead atoms. The second-order valence-corrected chi connectivity index (χ2v) is 4.43. The molecule has 0 aromatic rings. The molecule has 0 N–H and O–H groups in total. The zero-order valence-corrected chi connectivity index (χ0v) is 10.8. The van der Waals surface area contributed by atoms with Gasteiger partial charge in [-0.25, -0.2) is 0 Å². The van der Waals surface area contributed by atoms with E-state index in [1.807, 2.05) is 0 Å². The van der Waals surface area contributed by atoms with Crippen LogP contribution < -0.4 is 0 Å². The fourth-order valence-corrected chi connectivity index (χ4v) is 1.36. The molecule has 0 radical (unpaired) electrons. The van der Waals surface area contributed by atoms with E-state index in [1.165, 1.54) is 43.5 Å². The maximum absolute atomic E-state index is 4.38. The van der Waals surface area contributed by atoms with Crippen molar-refractivity contribution >= 4 is 11.4 Å². The van der Waals surface area contributed by atoms with Gasteiger partial charge < -0.3 is 0 Å². The van der Waals surface area contributed by atoms with E-state index in [0.29, 0.717) is 0 Å². The molecular weight excluding hydrogens is 184 g/mol. The molecule has 88 valence electrons. The van der Waals surface area contributed by atoms with Crippen LogP contribution in [0.4, 0.5) is 0 Å². The van der Waals surface area contributed by atoms with Crippen LogP contribution in [-0.2, 0) is 0 Å². The van der Waals surface area contributed by atoms with Crippen LogP contribution in [0.3, 0.4) is 0 Å². The highest BCUT2D eigenvalue weighted by Crippen LogP contribution is 2.03. The van der Waals surface area contributed by atoms with Crippen molar-refractivity contribution in [2.75, 3.05) is 13.1 Å². The summed E-state index contributed by atoms with van der Waals surface area (Å²) in [6.07, 6.45) is 6.43. The third-order valence-corrected chi connectivity index (χ3v) is 2.17. The highest BCUT2D eigenvalue weighted by molar-refractivity contribution is 5.79. The summed E-state index contributed by atoms with van der Waals surface area (Å²) in [6, 6.07) is 0. The van der Waals surface area contributed by atoms with Crippen LogP contribution in [0.2, 0.25) is 0 Å². The molecule has 15 heavy (non-hydrogen) atoms. The fraction of sp³-hybridized carbons (Fsp3) is 0.846. The van der Waals surface area contributed by atoms with Gasteiger partial charge in [-0.1, -0.05) is 19.3 Å². The van der Waals surface area contributed by atoms with E-state index < -0.39 is 0 Å². The molecular formula is C13H26N2. The van der Waals surface area contributed by atoms with E-state index in [4.69, 9.17) is 0 Å². The Morgan fingerprint density at radius 3 is 1.27 bits per heavy atom. The van der Waals surface area contributed by atoms with Gasteiger partial charge in [0, 0.05) is 24.5 Å². The molecule has 0 amide bonds. The van der Waals surface area contributed by atoms with Crippen molar-refractivity contribution in [3.8, 4) is 0 Å². The van der Waals surface area contributed by atoms with Crippen molar-refractivity contribution < 1.29 is 0 Å². The minimum atomic E-state index is 1.01. The Morgan fingerprint density at radius 2 is 0.933 bits per heavy atom. The minimum absolute atomic E-state index is 1.01. The molecule has 0 saturated carbocycles. The summed E-state index contributed by atoms with van der Waals surface area (Å²) in [6.45, 7) is 10.3. The predicted molar refractivity (Wildman–Crippen MR) is 70.4 cm³/mol. The van der Waals surface area contributed by atoms with Crippen LogP contribution in [0.1, 0.15) is 59.8 Å². The van der Waals surface area contributed by atoms with Crippen LogP contribution in [0.25, 0.3) is 0 Å². The molecule has 0 aliphatic rings. The van der Waals surface area contributed by atoms with Crippen LogP contribution in [0.15, 0.2) is 9.98 Å². The lowest BCUT2D eigenvalue weighted by Crippen LogP contribution is -1.89. The second kappa shape index (κ2) is 9.88. The third kappa shape index (κ3) is 13.3. The van der Waals surface area contributed by atoms with E-state index >= 15 is 0 Å². The van der Waals surface area contributed by atoms with Crippen LogP contribution in [-0.4, -0.2) is 24.5 Å². The standard InChI is InChI=1S/C13H26N2/c1-12(2)14-10-8-6-5-7-9-11-15-13(3)4/h5-11H2,1-4H3. The van der Waals surface area contributed by atoms with E-state index in [0.717, 1.165) is 13.1 Å². The molecule has 0 spiro atoms. The molecule has 0 aliphatic carbocycles. The predicted octanol–water partition coefficient (Wildman–Crippen LogP) is 3.90.